The maximum Gasteiger partial charge on any atom is 0.235 e. The van der Waals surface area contributed by atoms with E-state index in [9.17, 15) is 10.1 Å². The van der Waals surface area contributed by atoms with Crippen LogP contribution in [0, 0.1) is 24.2 Å². The van der Waals surface area contributed by atoms with Gasteiger partial charge in [0.15, 0.2) is 0 Å². The molecule has 0 spiro atoms. The zero-order chi connectivity index (χ0) is 16.4. The molecule has 1 aromatic heterocycles. The van der Waals surface area contributed by atoms with Crippen molar-refractivity contribution < 1.29 is 4.79 Å². The van der Waals surface area contributed by atoms with Gasteiger partial charge in [0.2, 0.25) is 5.91 Å². The van der Waals surface area contributed by atoms with Gasteiger partial charge < -0.3 is 5.32 Å². The van der Waals surface area contributed by atoms with Crippen LogP contribution in [0.15, 0.2) is 12.4 Å². The molecule has 2 aliphatic rings. The Morgan fingerprint density at radius 2 is 2.30 bits per heavy atom. The fourth-order valence-corrected chi connectivity index (χ4v) is 3.49. The van der Waals surface area contributed by atoms with Crippen molar-refractivity contribution in [1.29, 1.82) is 5.26 Å². The number of aryl methyl sites for hydroxylation is 1. The number of hydrogen-bond acceptors (Lipinski definition) is 4. The Bertz CT molecular complexity index is 615. The van der Waals surface area contributed by atoms with Gasteiger partial charge in [-0.3, -0.25) is 14.4 Å². The molecule has 6 heteroatoms. The molecule has 124 valence electrons. The highest BCUT2D eigenvalue weighted by Gasteiger charge is 2.43. The molecule has 0 bridgehead atoms. The third-order valence-corrected chi connectivity index (χ3v) is 5.03. The van der Waals surface area contributed by atoms with Gasteiger partial charge in [-0.25, -0.2) is 0 Å². The fourth-order valence-electron chi connectivity index (χ4n) is 3.49. The van der Waals surface area contributed by atoms with E-state index in [1.807, 2.05) is 30.9 Å². The zero-order valence-corrected chi connectivity index (χ0v) is 14.0. The molecular weight excluding hydrogens is 290 g/mol. The molecule has 1 saturated carbocycles. The number of nitriles is 1. The van der Waals surface area contributed by atoms with E-state index in [4.69, 9.17) is 0 Å². The average Bonchev–Trinajstić information content (AvgIpc) is 3.18. The van der Waals surface area contributed by atoms with Crippen LogP contribution in [0.25, 0.3) is 0 Å². The van der Waals surface area contributed by atoms with E-state index < -0.39 is 5.54 Å². The zero-order valence-electron chi connectivity index (χ0n) is 14.0. The number of nitrogens with one attached hydrogen (secondary N) is 1. The lowest BCUT2D eigenvalue weighted by Crippen LogP contribution is -2.51. The molecular formula is C17H25N5O. The molecule has 1 saturated heterocycles. The van der Waals surface area contributed by atoms with Gasteiger partial charge >= 0.3 is 0 Å². The van der Waals surface area contributed by atoms with Crippen LogP contribution in [-0.4, -0.2) is 45.3 Å². The third kappa shape index (κ3) is 3.73. The highest BCUT2D eigenvalue weighted by Crippen LogP contribution is 2.39. The first-order valence-electron chi connectivity index (χ1n) is 8.45. The monoisotopic (exact) mass is 315 g/mol. The van der Waals surface area contributed by atoms with Crippen LogP contribution >= 0.6 is 0 Å². The molecule has 23 heavy (non-hydrogen) atoms. The number of carbonyl (C=O) groups excluding carboxylic acids is 1. The van der Waals surface area contributed by atoms with Crippen molar-refractivity contribution in [2.75, 3.05) is 13.1 Å². The van der Waals surface area contributed by atoms with E-state index in [0.717, 1.165) is 44.3 Å². The summed E-state index contributed by atoms with van der Waals surface area (Å²) in [5, 5.41) is 16.7. The van der Waals surface area contributed by atoms with Crippen molar-refractivity contribution in [3.63, 3.8) is 0 Å². The number of aromatic nitrogens is 2. The van der Waals surface area contributed by atoms with Gasteiger partial charge in [-0.15, -0.1) is 0 Å². The lowest BCUT2D eigenvalue weighted by molar-refractivity contribution is -0.124. The molecule has 1 aliphatic carbocycles. The lowest BCUT2D eigenvalue weighted by Gasteiger charge is -2.27. The van der Waals surface area contributed by atoms with Crippen molar-refractivity contribution in [2.24, 2.45) is 5.92 Å². The van der Waals surface area contributed by atoms with Crippen LogP contribution in [0.2, 0.25) is 0 Å². The molecule has 3 rings (SSSR count). The van der Waals surface area contributed by atoms with E-state index in [0.29, 0.717) is 18.5 Å². The SMILES string of the molecule is Cc1cnn(C[C@@H]2CCCN2CC(=O)N[C@](C)(C#N)C2CC2)c1. The average molecular weight is 315 g/mol. The number of carbonyl (C=O) groups is 1. The summed E-state index contributed by atoms with van der Waals surface area (Å²) in [5.74, 6) is 0.280. The summed E-state index contributed by atoms with van der Waals surface area (Å²) in [4.78, 5) is 14.6. The Hall–Kier alpha value is -1.87. The Kier molecular flexibility index (Phi) is 4.40. The van der Waals surface area contributed by atoms with E-state index in [1.165, 1.54) is 0 Å². The Morgan fingerprint density at radius 3 is 2.91 bits per heavy atom. The topological polar surface area (TPSA) is 74.0 Å². The van der Waals surface area contributed by atoms with E-state index >= 15 is 0 Å². The minimum atomic E-state index is -0.703. The second-order valence-electron chi connectivity index (χ2n) is 7.14. The number of hydrogen-bond donors (Lipinski definition) is 1. The standard InChI is InChI=1S/C17H25N5O/c1-13-8-19-22(9-13)10-15-4-3-7-21(15)11-16(23)20-17(2,12-18)14-5-6-14/h8-9,14-15H,3-7,10-11H2,1-2H3,(H,20,23)/t15-,17+/m0/s1. The summed E-state index contributed by atoms with van der Waals surface area (Å²) in [5.41, 5.74) is 0.451. The summed E-state index contributed by atoms with van der Waals surface area (Å²) >= 11 is 0. The fraction of sp³-hybridized carbons (Fsp3) is 0.706. The van der Waals surface area contributed by atoms with Crippen molar-refractivity contribution in [3.8, 4) is 6.07 Å². The van der Waals surface area contributed by atoms with Crippen molar-refractivity contribution in [2.45, 2.75) is 57.7 Å². The molecule has 0 unspecified atom stereocenters. The first-order valence-corrected chi connectivity index (χ1v) is 8.45. The van der Waals surface area contributed by atoms with E-state index in [2.05, 4.69) is 21.4 Å². The first-order chi connectivity index (χ1) is 11.0. The molecule has 2 heterocycles. The molecule has 2 fully saturated rings. The Morgan fingerprint density at radius 1 is 1.52 bits per heavy atom. The second-order valence-corrected chi connectivity index (χ2v) is 7.14. The lowest BCUT2D eigenvalue weighted by atomic mass is 9.98. The van der Waals surface area contributed by atoms with Gasteiger partial charge in [0.1, 0.15) is 5.54 Å². The van der Waals surface area contributed by atoms with Gasteiger partial charge in [-0.05, 0) is 57.6 Å². The van der Waals surface area contributed by atoms with Crippen molar-refractivity contribution in [3.05, 3.63) is 18.0 Å². The summed E-state index contributed by atoms with van der Waals surface area (Å²) < 4.78 is 1.96. The molecule has 1 aliphatic heterocycles. The number of amides is 1. The largest absolute Gasteiger partial charge is 0.337 e. The highest BCUT2D eigenvalue weighted by atomic mass is 16.2. The third-order valence-electron chi connectivity index (χ3n) is 5.03. The van der Waals surface area contributed by atoms with E-state index in [-0.39, 0.29) is 5.91 Å². The second kappa shape index (κ2) is 6.32. The van der Waals surface area contributed by atoms with Gasteiger partial charge in [0.25, 0.3) is 0 Å². The molecule has 1 amide bonds. The number of likely N-dealkylation sites (tertiary alicyclic amines) is 1. The molecule has 2 atom stereocenters. The number of nitrogens with zero attached hydrogens (tertiary/aromatic N) is 4. The van der Waals surface area contributed by atoms with Crippen LogP contribution in [0.3, 0.4) is 0 Å². The Labute approximate surface area is 137 Å². The molecule has 0 aromatic carbocycles. The first kappa shape index (κ1) is 16.0. The Balaban J connectivity index is 1.55. The quantitative estimate of drug-likeness (QED) is 0.862. The normalized spacial score (nSPS) is 24.1. The van der Waals surface area contributed by atoms with Gasteiger partial charge in [0.05, 0.1) is 25.4 Å². The molecule has 1 aromatic rings. The van der Waals surface area contributed by atoms with Crippen molar-refractivity contribution >= 4 is 5.91 Å². The summed E-state index contributed by atoms with van der Waals surface area (Å²) in [6, 6.07) is 2.63. The van der Waals surface area contributed by atoms with Crippen LogP contribution < -0.4 is 5.32 Å². The van der Waals surface area contributed by atoms with Crippen LogP contribution in [-0.2, 0) is 11.3 Å². The number of rotatable bonds is 6. The van der Waals surface area contributed by atoms with Gasteiger partial charge in [-0.2, -0.15) is 10.4 Å². The smallest absolute Gasteiger partial charge is 0.235 e. The molecule has 6 nitrogen and oxygen atoms in total. The van der Waals surface area contributed by atoms with Gasteiger partial charge in [-0.1, -0.05) is 0 Å². The summed E-state index contributed by atoms with van der Waals surface area (Å²) in [6.07, 6.45) is 8.17. The van der Waals surface area contributed by atoms with E-state index in [1.54, 1.807) is 0 Å². The maximum atomic E-state index is 12.4. The van der Waals surface area contributed by atoms with Gasteiger partial charge in [0, 0.05) is 12.2 Å². The van der Waals surface area contributed by atoms with Crippen molar-refractivity contribution in [1.82, 2.24) is 20.0 Å². The van der Waals surface area contributed by atoms with Crippen LogP contribution in [0.5, 0.6) is 0 Å². The minimum absolute atomic E-state index is 0.0375. The molecule has 1 N–H and O–H groups in total. The minimum Gasteiger partial charge on any atom is -0.337 e. The molecule has 0 radical (unpaired) electrons. The summed E-state index contributed by atoms with van der Waals surface area (Å²) in [6.45, 7) is 6.00. The predicted molar refractivity (Wildman–Crippen MR) is 86.4 cm³/mol. The van der Waals surface area contributed by atoms with Crippen LogP contribution in [0.1, 0.15) is 38.2 Å². The maximum absolute atomic E-state index is 12.4. The predicted octanol–water partition coefficient (Wildman–Crippen LogP) is 1.46. The highest BCUT2D eigenvalue weighted by molar-refractivity contribution is 5.79. The van der Waals surface area contributed by atoms with Crippen LogP contribution in [0.4, 0.5) is 0 Å². The summed E-state index contributed by atoms with van der Waals surface area (Å²) in [7, 11) is 0.